The second-order valence-corrected chi connectivity index (χ2v) is 5.94. The molecule has 2 heterocycles. The number of carbonyl (C=O) groups is 1. The second kappa shape index (κ2) is 7.30. The molecule has 1 aromatic carbocycles. The molecule has 4 nitrogen and oxygen atoms in total. The van der Waals surface area contributed by atoms with Gasteiger partial charge in [-0.25, -0.2) is 4.98 Å². The van der Waals surface area contributed by atoms with E-state index in [-0.39, 0.29) is 5.91 Å². The van der Waals surface area contributed by atoms with Gasteiger partial charge in [0.05, 0.1) is 5.69 Å². The summed E-state index contributed by atoms with van der Waals surface area (Å²) in [5, 5.41) is 2.99. The minimum Gasteiger partial charge on any atom is -0.321 e. The first kappa shape index (κ1) is 16.2. The lowest BCUT2D eigenvalue weighted by molar-refractivity contribution is 0.102. The maximum absolute atomic E-state index is 12.8. The van der Waals surface area contributed by atoms with E-state index < -0.39 is 0 Å². The molecular weight excluding hydrogens is 298 g/mol. The number of amides is 1. The lowest BCUT2D eigenvalue weighted by Crippen LogP contribution is -2.16. The Hall–Kier alpha value is -2.62. The van der Waals surface area contributed by atoms with E-state index in [1.54, 1.807) is 0 Å². The molecule has 0 atom stereocenters. The molecule has 0 bridgehead atoms. The van der Waals surface area contributed by atoms with Crippen LogP contribution in [0.3, 0.4) is 0 Å². The van der Waals surface area contributed by atoms with Crippen molar-refractivity contribution in [1.29, 1.82) is 0 Å². The number of nitrogens with one attached hydrogen (secondary N) is 1. The SMILES string of the molecule is CCCCc1ccc(NC(=O)c2c(CC)nc3ccccn23)cc1. The number of fused-ring (bicyclic) bond motifs is 1. The Kier molecular flexibility index (Phi) is 4.94. The molecule has 2 aromatic heterocycles. The van der Waals surface area contributed by atoms with Crippen LogP contribution >= 0.6 is 0 Å². The summed E-state index contributed by atoms with van der Waals surface area (Å²) in [5.41, 5.74) is 4.35. The molecule has 0 aliphatic heterocycles. The first-order valence-corrected chi connectivity index (χ1v) is 8.59. The smallest absolute Gasteiger partial charge is 0.274 e. The van der Waals surface area contributed by atoms with Crippen LogP contribution in [0.4, 0.5) is 5.69 Å². The molecule has 0 fully saturated rings. The van der Waals surface area contributed by atoms with Crippen molar-refractivity contribution in [3.63, 3.8) is 0 Å². The van der Waals surface area contributed by atoms with Crippen LogP contribution in [0.2, 0.25) is 0 Å². The summed E-state index contributed by atoms with van der Waals surface area (Å²) in [6.07, 6.45) is 6.06. The molecule has 0 unspecified atom stereocenters. The van der Waals surface area contributed by atoms with Crippen molar-refractivity contribution < 1.29 is 4.79 Å². The molecule has 3 rings (SSSR count). The zero-order chi connectivity index (χ0) is 16.9. The molecule has 0 saturated carbocycles. The zero-order valence-electron chi connectivity index (χ0n) is 14.2. The van der Waals surface area contributed by atoms with Crippen molar-refractivity contribution in [3.8, 4) is 0 Å². The van der Waals surface area contributed by atoms with Crippen molar-refractivity contribution in [2.45, 2.75) is 39.5 Å². The summed E-state index contributed by atoms with van der Waals surface area (Å²) in [5.74, 6) is -0.119. The van der Waals surface area contributed by atoms with Gasteiger partial charge in [0, 0.05) is 11.9 Å². The molecule has 24 heavy (non-hydrogen) atoms. The highest BCUT2D eigenvalue weighted by atomic mass is 16.2. The summed E-state index contributed by atoms with van der Waals surface area (Å²) >= 11 is 0. The molecule has 4 heteroatoms. The van der Waals surface area contributed by atoms with Crippen LogP contribution in [-0.2, 0) is 12.8 Å². The summed E-state index contributed by atoms with van der Waals surface area (Å²) in [6.45, 7) is 4.21. The molecule has 1 N–H and O–H groups in total. The van der Waals surface area contributed by atoms with E-state index in [1.807, 2.05) is 47.9 Å². The fourth-order valence-electron chi connectivity index (χ4n) is 2.86. The molecule has 0 spiro atoms. The highest BCUT2D eigenvalue weighted by Crippen LogP contribution is 2.17. The van der Waals surface area contributed by atoms with Crippen molar-refractivity contribution in [1.82, 2.24) is 9.38 Å². The summed E-state index contributed by atoms with van der Waals surface area (Å²) in [7, 11) is 0. The Morgan fingerprint density at radius 2 is 1.92 bits per heavy atom. The first-order chi connectivity index (χ1) is 11.7. The number of hydrogen-bond donors (Lipinski definition) is 1. The van der Waals surface area contributed by atoms with E-state index >= 15 is 0 Å². The van der Waals surface area contributed by atoms with Gasteiger partial charge < -0.3 is 5.32 Å². The molecule has 0 aliphatic carbocycles. The molecule has 0 radical (unpaired) electrons. The number of rotatable bonds is 6. The number of benzene rings is 1. The topological polar surface area (TPSA) is 46.4 Å². The van der Waals surface area contributed by atoms with Crippen molar-refractivity contribution in [2.75, 3.05) is 5.32 Å². The average Bonchev–Trinajstić information content (AvgIpc) is 3.00. The van der Waals surface area contributed by atoms with E-state index in [2.05, 4.69) is 29.4 Å². The van der Waals surface area contributed by atoms with Crippen LogP contribution < -0.4 is 5.32 Å². The molecule has 124 valence electrons. The lowest BCUT2D eigenvalue weighted by Gasteiger charge is -2.08. The molecule has 1 amide bonds. The minimum absolute atomic E-state index is 0.119. The van der Waals surface area contributed by atoms with Crippen molar-refractivity contribution in [3.05, 3.63) is 65.6 Å². The summed E-state index contributed by atoms with van der Waals surface area (Å²) in [6, 6.07) is 13.9. The number of carbonyl (C=O) groups excluding carboxylic acids is 1. The predicted molar refractivity (Wildman–Crippen MR) is 97.6 cm³/mol. The minimum atomic E-state index is -0.119. The van der Waals surface area contributed by atoms with Crippen LogP contribution in [0.15, 0.2) is 48.7 Å². The van der Waals surface area contributed by atoms with E-state index in [1.165, 1.54) is 18.4 Å². The molecule has 0 saturated heterocycles. The molecule has 3 aromatic rings. The summed E-state index contributed by atoms with van der Waals surface area (Å²) < 4.78 is 1.85. The Morgan fingerprint density at radius 3 is 2.62 bits per heavy atom. The standard InChI is InChI=1S/C20H23N3O/c1-3-5-8-15-10-12-16(13-11-15)21-20(24)19-17(4-2)22-18-9-6-7-14-23(18)19/h6-7,9-14H,3-5,8H2,1-2H3,(H,21,24). The van der Waals surface area contributed by atoms with Crippen molar-refractivity contribution >= 4 is 17.2 Å². The highest BCUT2D eigenvalue weighted by Gasteiger charge is 2.17. The third-order valence-electron chi connectivity index (χ3n) is 4.18. The van der Waals surface area contributed by atoms with Gasteiger partial charge in [-0.2, -0.15) is 0 Å². The van der Waals surface area contributed by atoms with E-state index in [0.717, 1.165) is 29.9 Å². The quantitative estimate of drug-likeness (QED) is 0.727. The maximum Gasteiger partial charge on any atom is 0.274 e. The molecule has 0 aliphatic rings. The van der Waals surface area contributed by atoms with E-state index in [9.17, 15) is 4.79 Å². The predicted octanol–water partition coefficient (Wildman–Crippen LogP) is 4.49. The van der Waals surface area contributed by atoms with Gasteiger partial charge in [0.1, 0.15) is 11.3 Å². The number of aromatic nitrogens is 2. The molecular formula is C20H23N3O. The van der Waals surface area contributed by atoms with Crippen LogP contribution in [0.1, 0.15) is 48.4 Å². The van der Waals surface area contributed by atoms with Crippen molar-refractivity contribution in [2.24, 2.45) is 0 Å². The number of imidazole rings is 1. The Morgan fingerprint density at radius 1 is 1.12 bits per heavy atom. The number of nitrogens with zero attached hydrogens (tertiary/aromatic N) is 2. The fraction of sp³-hybridized carbons (Fsp3) is 0.300. The van der Waals surface area contributed by atoms with Gasteiger partial charge in [0.2, 0.25) is 0 Å². The average molecular weight is 321 g/mol. The van der Waals surface area contributed by atoms with Gasteiger partial charge in [0.25, 0.3) is 5.91 Å². The third-order valence-corrected chi connectivity index (χ3v) is 4.18. The Labute approximate surface area is 142 Å². The number of anilines is 1. The maximum atomic E-state index is 12.8. The summed E-state index contributed by atoms with van der Waals surface area (Å²) in [4.78, 5) is 17.3. The van der Waals surface area contributed by atoms with Crippen LogP contribution in [0, 0.1) is 0 Å². The van der Waals surface area contributed by atoms with Crippen LogP contribution in [-0.4, -0.2) is 15.3 Å². The van der Waals surface area contributed by atoms with Crippen LogP contribution in [0.5, 0.6) is 0 Å². The third kappa shape index (κ3) is 3.32. The van der Waals surface area contributed by atoms with E-state index in [4.69, 9.17) is 0 Å². The van der Waals surface area contributed by atoms with E-state index in [0.29, 0.717) is 5.69 Å². The fourth-order valence-corrected chi connectivity index (χ4v) is 2.86. The zero-order valence-corrected chi connectivity index (χ0v) is 14.2. The Bertz CT molecular complexity index is 834. The first-order valence-electron chi connectivity index (χ1n) is 8.59. The largest absolute Gasteiger partial charge is 0.321 e. The lowest BCUT2D eigenvalue weighted by atomic mass is 10.1. The van der Waals surface area contributed by atoms with Crippen LogP contribution in [0.25, 0.3) is 5.65 Å². The number of hydrogen-bond acceptors (Lipinski definition) is 2. The normalized spacial score (nSPS) is 10.9. The van der Waals surface area contributed by atoms with Gasteiger partial charge in [-0.1, -0.05) is 38.5 Å². The van der Waals surface area contributed by atoms with Gasteiger partial charge in [-0.05, 0) is 49.1 Å². The Balaban J connectivity index is 1.82. The monoisotopic (exact) mass is 321 g/mol. The number of aryl methyl sites for hydroxylation is 2. The second-order valence-electron chi connectivity index (χ2n) is 5.94. The van der Waals surface area contributed by atoms with Gasteiger partial charge in [0.15, 0.2) is 0 Å². The number of pyridine rings is 1. The van der Waals surface area contributed by atoms with Gasteiger partial charge in [-0.15, -0.1) is 0 Å². The number of unbranched alkanes of at least 4 members (excludes halogenated alkanes) is 1. The van der Waals surface area contributed by atoms with Gasteiger partial charge in [-0.3, -0.25) is 9.20 Å². The van der Waals surface area contributed by atoms with Gasteiger partial charge >= 0.3 is 0 Å². The highest BCUT2D eigenvalue weighted by molar-refractivity contribution is 6.04.